The first kappa shape index (κ1) is 16.9. The summed E-state index contributed by atoms with van der Waals surface area (Å²) < 4.78 is 5.85. The fourth-order valence-electron chi connectivity index (χ4n) is 3.18. The zero-order chi connectivity index (χ0) is 14.1. The molecule has 19 heavy (non-hydrogen) atoms. The Balaban J connectivity index is 2.16. The zero-order valence-electron chi connectivity index (χ0n) is 12.9. The van der Waals surface area contributed by atoms with E-state index in [1.165, 1.54) is 25.7 Å². The lowest BCUT2D eigenvalue weighted by Crippen LogP contribution is -2.47. The van der Waals surface area contributed by atoms with Gasteiger partial charge in [0.2, 0.25) is 0 Å². The zero-order valence-corrected chi connectivity index (χ0v) is 12.9. The number of hydrogen-bond donors (Lipinski definition) is 2. The maximum absolute atomic E-state index is 9.41. The van der Waals surface area contributed by atoms with Gasteiger partial charge in [0, 0.05) is 18.8 Å². The first-order valence-corrected chi connectivity index (χ1v) is 8.13. The molecule has 0 aromatic carbocycles. The van der Waals surface area contributed by atoms with Crippen molar-refractivity contribution in [3.05, 3.63) is 0 Å². The van der Waals surface area contributed by atoms with Gasteiger partial charge in [-0.2, -0.15) is 0 Å². The third-order valence-electron chi connectivity index (χ3n) is 4.81. The van der Waals surface area contributed by atoms with Crippen molar-refractivity contribution in [2.75, 3.05) is 19.8 Å². The average molecular weight is 271 g/mol. The number of ether oxygens (including phenoxy) is 1. The quantitative estimate of drug-likeness (QED) is 0.600. The molecule has 1 fully saturated rings. The summed E-state index contributed by atoms with van der Waals surface area (Å²) in [5.74, 6) is 1.15. The van der Waals surface area contributed by atoms with Crippen LogP contribution in [0, 0.1) is 11.8 Å². The van der Waals surface area contributed by atoms with Crippen molar-refractivity contribution in [1.29, 1.82) is 0 Å². The second-order valence-corrected chi connectivity index (χ2v) is 6.26. The number of rotatable bonds is 10. The molecule has 1 aliphatic carbocycles. The summed E-state index contributed by atoms with van der Waals surface area (Å²) in [6.45, 7) is 6.29. The fraction of sp³-hybridized carbons (Fsp3) is 1.00. The second-order valence-electron chi connectivity index (χ2n) is 6.26. The smallest absolute Gasteiger partial charge is 0.0613 e. The maximum atomic E-state index is 9.41. The summed E-state index contributed by atoms with van der Waals surface area (Å²) in [7, 11) is 0. The van der Waals surface area contributed by atoms with Gasteiger partial charge in [-0.05, 0) is 37.5 Å². The lowest BCUT2D eigenvalue weighted by molar-refractivity contribution is 0.0694. The van der Waals surface area contributed by atoms with Gasteiger partial charge in [-0.25, -0.2) is 0 Å². The van der Waals surface area contributed by atoms with Crippen LogP contribution in [0.4, 0.5) is 0 Å². The average Bonchev–Trinajstić information content (AvgIpc) is 2.80. The van der Waals surface area contributed by atoms with Crippen LogP contribution in [0.15, 0.2) is 0 Å². The predicted octanol–water partition coefficient (Wildman–Crippen LogP) is 3.10. The van der Waals surface area contributed by atoms with E-state index in [1.54, 1.807) is 0 Å². The molecule has 0 saturated heterocycles. The van der Waals surface area contributed by atoms with Gasteiger partial charge >= 0.3 is 0 Å². The van der Waals surface area contributed by atoms with Gasteiger partial charge in [-0.3, -0.25) is 0 Å². The Morgan fingerprint density at radius 3 is 2.84 bits per heavy atom. The minimum Gasteiger partial charge on any atom is -0.394 e. The fourth-order valence-corrected chi connectivity index (χ4v) is 3.18. The summed E-state index contributed by atoms with van der Waals surface area (Å²) in [6.07, 6.45) is 9.33. The van der Waals surface area contributed by atoms with Crippen molar-refractivity contribution in [2.24, 2.45) is 17.6 Å². The molecule has 1 aliphatic rings. The van der Waals surface area contributed by atoms with Crippen LogP contribution in [0.5, 0.6) is 0 Å². The number of hydrogen-bond acceptors (Lipinski definition) is 3. The van der Waals surface area contributed by atoms with Crippen LogP contribution in [0.1, 0.15) is 65.2 Å². The van der Waals surface area contributed by atoms with Gasteiger partial charge in [0.1, 0.15) is 0 Å². The molecular formula is C16H33NO2. The highest BCUT2D eigenvalue weighted by Gasteiger charge is 2.38. The van der Waals surface area contributed by atoms with Crippen LogP contribution >= 0.6 is 0 Å². The van der Waals surface area contributed by atoms with Gasteiger partial charge in [-0.1, -0.05) is 39.5 Å². The third-order valence-corrected chi connectivity index (χ3v) is 4.81. The van der Waals surface area contributed by atoms with Crippen molar-refractivity contribution in [3.63, 3.8) is 0 Å². The summed E-state index contributed by atoms with van der Waals surface area (Å²) in [6, 6.07) is 0. The van der Waals surface area contributed by atoms with E-state index >= 15 is 0 Å². The molecule has 0 spiro atoms. The van der Waals surface area contributed by atoms with E-state index in [1.807, 2.05) is 0 Å². The molecule has 1 saturated carbocycles. The Bertz CT molecular complexity index is 235. The van der Waals surface area contributed by atoms with Crippen molar-refractivity contribution in [3.8, 4) is 0 Å². The lowest BCUT2D eigenvalue weighted by Gasteiger charge is -2.29. The predicted molar refractivity (Wildman–Crippen MR) is 80.1 cm³/mol. The number of unbranched alkanes of at least 4 members (excludes halogenated alkanes) is 1. The van der Waals surface area contributed by atoms with E-state index < -0.39 is 0 Å². The van der Waals surface area contributed by atoms with E-state index in [2.05, 4.69) is 13.8 Å². The molecule has 3 N–H and O–H groups in total. The first-order chi connectivity index (χ1) is 9.16. The molecular weight excluding hydrogens is 238 g/mol. The standard InChI is InChI=1S/C16H33NO2/c1-3-5-7-14(4-2)12-19-11-9-15-8-6-10-16(15,17)13-18/h14-15,18H,3-13,17H2,1-2H3. The molecule has 0 radical (unpaired) electrons. The van der Waals surface area contributed by atoms with Gasteiger partial charge in [0.05, 0.1) is 6.61 Å². The van der Waals surface area contributed by atoms with Crippen molar-refractivity contribution in [1.82, 2.24) is 0 Å². The van der Waals surface area contributed by atoms with E-state index in [0.717, 1.165) is 38.9 Å². The number of nitrogens with two attached hydrogens (primary N) is 1. The van der Waals surface area contributed by atoms with Gasteiger partial charge in [0.25, 0.3) is 0 Å². The van der Waals surface area contributed by atoms with Gasteiger partial charge < -0.3 is 15.6 Å². The summed E-state index contributed by atoms with van der Waals surface area (Å²) in [4.78, 5) is 0. The Kier molecular flexibility index (Phi) is 7.96. The van der Waals surface area contributed by atoms with Crippen LogP contribution in [-0.4, -0.2) is 30.5 Å². The van der Waals surface area contributed by atoms with Crippen LogP contribution in [-0.2, 0) is 4.74 Å². The van der Waals surface area contributed by atoms with Crippen LogP contribution in [0.2, 0.25) is 0 Å². The van der Waals surface area contributed by atoms with Crippen LogP contribution in [0.3, 0.4) is 0 Å². The van der Waals surface area contributed by atoms with Crippen LogP contribution in [0.25, 0.3) is 0 Å². The van der Waals surface area contributed by atoms with E-state index in [9.17, 15) is 5.11 Å². The number of aliphatic hydroxyl groups is 1. The summed E-state index contributed by atoms with van der Waals surface area (Å²) >= 11 is 0. The van der Waals surface area contributed by atoms with E-state index in [4.69, 9.17) is 10.5 Å². The molecule has 3 unspecified atom stereocenters. The third kappa shape index (κ3) is 5.41. The molecule has 3 atom stereocenters. The van der Waals surface area contributed by atoms with Crippen molar-refractivity contribution in [2.45, 2.75) is 70.8 Å². The molecule has 3 heteroatoms. The van der Waals surface area contributed by atoms with E-state index in [-0.39, 0.29) is 12.1 Å². The molecule has 0 aliphatic heterocycles. The molecule has 1 rings (SSSR count). The minimum atomic E-state index is -0.338. The first-order valence-electron chi connectivity index (χ1n) is 8.13. The Morgan fingerprint density at radius 2 is 2.21 bits per heavy atom. The molecule has 0 aromatic rings. The summed E-state index contributed by atoms with van der Waals surface area (Å²) in [5, 5.41) is 9.41. The maximum Gasteiger partial charge on any atom is 0.0613 e. The lowest BCUT2D eigenvalue weighted by atomic mass is 9.87. The minimum absolute atomic E-state index is 0.117. The van der Waals surface area contributed by atoms with Crippen molar-refractivity contribution >= 4 is 0 Å². The van der Waals surface area contributed by atoms with E-state index in [0.29, 0.717) is 11.8 Å². The molecule has 114 valence electrons. The topological polar surface area (TPSA) is 55.5 Å². The van der Waals surface area contributed by atoms with Crippen LogP contribution < -0.4 is 5.73 Å². The highest BCUT2D eigenvalue weighted by Crippen LogP contribution is 2.35. The number of aliphatic hydroxyl groups excluding tert-OH is 1. The Hall–Kier alpha value is -0.120. The monoisotopic (exact) mass is 271 g/mol. The molecule has 0 amide bonds. The molecule has 0 bridgehead atoms. The highest BCUT2D eigenvalue weighted by molar-refractivity contribution is 4.95. The molecule has 3 nitrogen and oxygen atoms in total. The van der Waals surface area contributed by atoms with Crippen molar-refractivity contribution < 1.29 is 9.84 Å². The molecule has 0 aromatic heterocycles. The second kappa shape index (κ2) is 8.93. The van der Waals surface area contributed by atoms with Gasteiger partial charge in [0.15, 0.2) is 0 Å². The largest absolute Gasteiger partial charge is 0.394 e. The Morgan fingerprint density at radius 1 is 1.42 bits per heavy atom. The SMILES string of the molecule is CCCCC(CC)COCCC1CCCC1(N)CO. The highest BCUT2D eigenvalue weighted by atomic mass is 16.5. The summed E-state index contributed by atoms with van der Waals surface area (Å²) in [5.41, 5.74) is 5.89. The van der Waals surface area contributed by atoms with Gasteiger partial charge in [-0.15, -0.1) is 0 Å². The Labute approximate surface area is 118 Å². The normalized spacial score (nSPS) is 28.7. The molecule has 0 heterocycles.